The lowest BCUT2D eigenvalue weighted by atomic mass is 10.1. The molecule has 3 rings (SSSR count). The van der Waals surface area contributed by atoms with Crippen LogP contribution in [0.3, 0.4) is 0 Å². The maximum absolute atomic E-state index is 13.9. The Kier molecular flexibility index (Phi) is 5.97. The molecule has 2 aromatic heterocycles. The fraction of sp³-hybridized carbons (Fsp3) is 0.300. The normalized spacial score (nSPS) is 11.7. The van der Waals surface area contributed by atoms with E-state index in [4.69, 9.17) is 10.5 Å². The predicted octanol–water partition coefficient (Wildman–Crippen LogP) is 3.13. The highest BCUT2D eigenvalue weighted by Gasteiger charge is 2.29. The van der Waals surface area contributed by atoms with Gasteiger partial charge in [-0.3, -0.25) is 4.79 Å². The van der Waals surface area contributed by atoms with E-state index in [9.17, 15) is 22.4 Å². The zero-order valence-electron chi connectivity index (χ0n) is 16.3. The van der Waals surface area contributed by atoms with Crippen LogP contribution in [0.25, 0.3) is 5.52 Å². The number of fused-ring (bicyclic) bond motifs is 1. The number of alkyl halides is 2. The fourth-order valence-corrected chi connectivity index (χ4v) is 2.93. The van der Waals surface area contributed by atoms with E-state index in [2.05, 4.69) is 10.4 Å². The van der Waals surface area contributed by atoms with E-state index in [1.54, 1.807) is 26.0 Å². The van der Waals surface area contributed by atoms with E-state index in [1.165, 1.54) is 10.6 Å². The summed E-state index contributed by atoms with van der Waals surface area (Å²) in [6.07, 6.45) is 0. The number of hydrogen-bond acceptors (Lipinski definition) is 4. The van der Waals surface area contributed by atoms with Crippen molar-refractivity contribution in [3.63, 3.8) is 0 Å². The lowest BCUT2D eigenvalue weighted by molar-refractivity contribution is 0.0119. The van der Waals surface area contributed by atoms with Gasteiger partial charge in [0, 0.05) is 6.07 Å². The van der Waals surface area contributed by atoms with Crippen molar-refractivity contribution in [2.24, 2.45) is 5.73 Å². The van der Waals surface area contributed by atoms with Gasteiger partial charge in [-0.15, -0.1) is 0 Å². The molecule has 1 amide bonds. The van der Waals surface area contributed by atoms with Gasteiger partial charge in [0.1, 0.15) is 18.2 Å². The topological polar surface area (TPSA) is 81.7 Å². The van der Waals surface area contributed by atoms with Crippen molar-refractivity contribution in [2.75, 3.05) is 13.1 Å². The van der Waals surface area contributed by atoms with E-state index in [0.717, 1.165) is 12.1 Å². The molecule has 0 aliphatic heterocycles. The number of carbonyl (C=O) groups excluding carboxylic acids is 1. The summed E-state index contributed by atoms with van der Waals surface area (Å²) in [6, 6.07) is 6.69. The Morgan fingerprint density at radius 2 is 1.90 bits per heavy atom. The molecule has 0 saturated heterocycles. The van der Waals surface area contributed by atoms with Gasteiger partial charge < -0.3 is 15.8 Å². The molecule has 1 aromatic carbocycles. The highest BCUT2D eigenvalue weighted by Crippen LogP contribution is 2.25. The molecule has 3 N–H and O–H groups in total. The number of nitrogens with one attached hydrogen (secondary N) is 1. The number of benzene rings is 1. The monoisotopic (exact) mass is 424 g/mol. The number of nitrogens with two attached hydrogens (primary N) is 1. The summed E-state index contributed by atoms with van der Waals surface area (Å²) < 4.78 is 61.4. The van der Waals surface area contributed by atoms with Crippen molar-refractivity contribution in [1.29, 1.82) is 0 Å². The van der Waals surface area contributed by atoms with E-state index < -0.39 is 43.2 Å². The minimum Gasteiger partial charge on any atom is -0.473 e. The van der Waals surface area contributed by atoms with Gasteiger partial charge in [0.15, 0.2) is 0 Å². The highest BCUT2D eigenvalue weighted by molar-refractivity contribution is 6.02. The van der Waals surface area contributed by atoms with Crippen LogP contribution in [0.5, 0.6) is 5.88 Å². The summed E-state index contributed by atoms with van der Waals surface area (Å²) in [5, 5.41) is 6.39. The maximum Gasteiger partial charge on any atom is 0.277 e. The van der Waals surface area contributed by atoms with Gasteiger partial charge >= 0.3 is 0 Å². The fourth-order valence-electron chi connectivity index (χ4n) is 2.93. The minimum absolute atomic E-state index is 0.0912. The van der Waals surface area contributed by atoms with E-state index in [-0.39, 0.29) is 22.7 Å². The van der Waals surface area contributed by atoms with Crippen molar-refractivity contribution < 1.29 is 27.1 Å². The van der Waals surface area contributed by atoms with Crippen molar-refractivity contribution in [2.45, 2.75) is 26.4 Å². The third-order valence-electron chi connectivity index (χ3n) is 4.48. The van der Waals surface area contributed by atoms with Crippen LogP contribution in [0, 0.1) is 25.5 Å². The van der Waals surface area contributed by atoms with Gasteiger partial charge in [0.2, 0.25) is 5.88 Å². The van der Waals surface area contributed by atoms with Crippen LogP contribution in [0.4, 0.5) is 17.6 Å². The van der Waals surface area contributed by atoms with Crippen LogP contribution in [0.15, 0.2) is 30.3 Å². The Labute approximate surface area is 169 Å². The molecule has 30 heavy (non-hydrogen) atoms. The molecule has 0 aliphatic carbocycles. The van der Waals surface area contributed by atoms with Gasteiger partial charge in [-0.1, -0.05) is 6.07 Å². The maximum atomic E-state index is 13.9. The molecule has 0 fully saturated rings. The van der Waals surface area contributed by atoms with Crippen molar-refractivity contribution >= 4 is 11.4 Å². The molecule has 2 heterocycles. The number of aromatic nitrogens is 2. The predicted molar refractivity (Wildman–Crippen MR) is 102 cm³/mol. The number of pyridine rings is 1. The Balaban J connectivity index is 1.93. The summed E-state index contributed by atoms with van der Waals surface area (Å²) in [4.78, 5) is 12.5. The number of hydrogen-bond donors (Lipinski definition) is 2. The molecular formula is C20H20F4N4O2. The molecule has 160 valence electrons. The zero-order chi connectivity index (χ0) is 22.1. The minimum atomic E-state index is -3.24. The van der Waals surface area contributed by atoms with E-state index in [0.29, 0.717) is 11.1 Å². The largest absolute Gasteiger partial charge is 0.473 e. The molecule has 0 spiro atoms. The van der Waals surface area contributed by atoms with Crippen LogP contribution in [-0.2, 0) is 6.61 Å². The molecule has 0 unspecified atom stereocenters. The number of amides is 1. The second kappa shape index (κ2) is 8.31. The first-order chi connectivity index (χ1) is 14.1. The number of ether oxygens (including phenoxy) is 1. The average Bonchev–Trinajstić information content (AvgIpc) is 3.01. The van der Waals surface area contributed by atoms with Gasteiger partial charge in [-0.05, 0) is 37.6 Å². The van der Waals surface area contributed by atoms with Crippen LogP contribution in [0.2, 0.25) is 0 Å². The summed E-state index contributed by atoms with van der Waals surface area (Å²) in [5.41, 5.74) is 6.08. The summed E-state index contributed by atoms with van der Waals surface area (Å²) in [5.74, 6) is -5.34. The van der Waals surface area contributed by atoms with Gasteiger partial charge in [-0.25, -0.2) is 17.6 Å². The first-order valence-corrected chi connectivity index (χ1v) is 9.04. The molecular weight excluding hydrogens is 404 g/mol. The molecule has 3 aromatic rings. The van der Waals surface area contributed by atoms with Crippen molar-refractivity contribution in [1.82, 2.24) is 14.9 Å². The zero-order valence-corrected chi connectivity index (χ0v) is 16.3. The lowest BCUT2D eigenvalue weighted by Gasteiger charge is -2.14. The Hall–Kier alpha value is -3.14. The molecule has 6 nitrogen and oxygen atoms in total. The summed E-state index contributed by atoms with van der Waals surface area (Å²) >= 11 is 0. The Morgan fingerprint density at radius 1 is 1.23 bits per heavy atom. The molecule has 0 aliphatic rings. The molecule has 10 heteroatoms. The quantitative estimate of drug-likeness (QED) is 0.571. The van der Waals surface area contributed by atoms with Gasteiger partial charge in [0.25, 0.3) is 11.8 Å². The van der Waals surface area contributed by atoms with Crippen molar-refractivity contribution in [3.05, 3.63) is 64.4 Å². The molecule has 0 atom stereocenters. The van der Waals surface area contributed by atoms with Gasteiger partial charge in [-0.2, -0.15) is 9.61 Å². The van der Waals surface area contributed by atoms with Crippen LogP contribution in [0.1, 0.15) is 27.2 Å². The second-order valence-electron chi connectivity index (χ2n) is 6.86. The number of carbonyl (C=O) groups is 1. The molecule has 0 saturated carbocycles. The number of aryl methyl sites for hydroxylation is 2. The SMILES string of the molecule is Cc1cc(OCc2c(F)cccc2F)n2nc(C)c(C(=O)NCC(F)(F)CN)c2c1. The summed E-state index contributed by atoms with van der Waals surface area (Å²) in [7, 11) is 0. The summed E-state index contributed by atoms with van der Waals surface area (Å²) in [6.45, 7) is 1.05. The molecule has 0 bridgehead atoms. The second-order valence-corrected chi connectivity index (χ2v) is 6.86. The van der Waals surface area contributed by atoms with Crippen LogP contribution >= 0.6 is 0 Å². The van der Waals surface area contributed by atoms with Crippen LogP contribution in [-0.4, -0.2) is 34.5 Å². The van der Waals surface area contributed by atoms with E-state index in [1.807, 2.05) is 0 Å². The van der Waals surface area contributed by atoms with Crippen LogP contribution < -0.4 is 15.8 Å². The number of rotatable bonds is 7. The third kappa shape index (κ3) is 4.38. The van der Waals surface area contributed by atoms with E-state index >= 15 is 0 Å². The smallest absolute Gasteiger partial charge is 0.277 e. The van der Waals surface area contributed by atoms with Crippen molar-refractivity contribution in [3.8, 4) is 5.88 Å². The first kappa shape index (κ1) is 21.6. The Bertz CT molecular complexity index is 1080. The number of halogens is 4. The molecule has 0 radical (unpaired) electrons. The highest BCUT2D eigenvalue weighted by atomic mass is 19.3. The first-order valence-electron chi connectivity index (χ1n) is 9.04. The van der Waals surface area contributed by atoms with Gasteiger partial charge in [0.05, 0.1) is 35.4 Å². The lowest BCUT2D eigenvalue weighted by Crippen LogP contribution is -2.41. The average molecular weight is 424 g/mol. The standard InChI is InChI=1S/C20H20F4N4O2/c1-11-6-16-18(19(29)26-10-20(23,24)9-25)12(2)27-28(16)17(7-11)30-8-13-14(21)4-3-5-15(13)22/h3-7H,8-10,25H2,1-2H3,(H,26,29). The third-order valence-corrected chi connectivity index (χ3v) is 4.48. The Morgan fingerprint density at radius 3 is 2.53 bits per heavy atom. The number of nitrogens with zero attached hydrogens (tertiary/aromatic N) is 2.